The van der Waals surface area contributed by atoms with Crippen LogP contribution in [-0.4, -0.2) is 10.8 Å². The number of nitrogens with two attached hydrogens (primary N) is 1. The molecular weight excluding hydrogens is 164 g/mol. The maximum absolute atomic E-state index is 10.8. The maximum atomic E-state index is 10.8. The van der Waals surface area contributed by atoms with E-state index in [1.165, 1.54) is 6.92 Å². The largest absolute Gasteiger partial charge is 0.384 e. The molecule has 11 heavy (non-hydrogen) atoms. The zero-order valence-corrected chi connectivity index (χ0v) is 6.72. The van der Waals surface area contributed by atoms with Crippen LogP contribution in [0.25, 0.3) is 0 Å². The van der Waals surface area contributed by atoms with Crippen molar-refractivity contribution in [2.75, 3.05) is 5.73 Å². The van der Waals surface area contributed by atoms with Crippen molar-refractivity contribution in [3.05, 3.63) is 22.8 Å². The molecule has 0 aliphatic carbocycles. The molecule has 0 saturated carbocycles. The monoisotopic (exact) mass is 170 g/mol. The lowest BCUT2D eigenvalue weighted by atomic mass is 10.2. The second-order valence-corrected chi connectivity index (χ2v) is 2.49. The Morgan fingerprint density at radius 1 is 1.64 bits per heavy atom. The highest BCUT2D eigenvalue weighted by molar-refractivity contribution is 6.32. The Labute approximate surface area is 69.2 Å². The van der Waals surface area contributed by atoms with E-state index in [4.69, 9.17) is 17.3 Å². The minimum absolute atomic E-state index is 0.109. The van der Waals surface area contributed by atoms with Gasteiger partial charge in [-0.15, -0.1) is 0 Å². The summed E-state index contributed by atoms with van der Waals surface area (Å²) in [6.07, 6.45) is 0. The average Bonchev–Trinajstić information content (AvgIpc) is 1.85. The van der Waals surface area contributed by atoms with E-state index in [9.17, 15) is 4.79 Å². The predicted molar refractivity (Wildman–Crippen MR) is 43.7 cm³/mol. The standard InChI is InChI=1S/C7H7ClN2O/c1-4(11)5-2-3-6(9)10-7(5)8/h2-3H,1H3,(H2,9,10). The van der Waals surface area contributed by atoms with E-state index in [0.717, 1.165) is 0 Å². The number of hydrogen-bond donors (Lipinski definition) is 1. The normalized spacial score (nSPS) is 9.64. The molecule has 0 aromatic carbocycles. The first-order chi connectivity index (χ1) is 5.11. The van der Waals surface area contributed by atoms with Crippen LogP contribution in [0.5, 0.6) is 0 Å². The van der Waals surface area contributed by atoms with Gasteiger partial charge in [-0.2, -0.15) is 0 Å². The molecule has 0 atom stereocenters. The molecule has 0 spiro atoms. The van der Waals surface area contributed by atoms with E-state index in [2.05, 4.69) is 4.98 Å². The molecule has 2 N–H and O–H groups in total. The topological polar surface area (TPSA) is 56.0 Å². The second-order valence-electron chi connectivity index (χ2n) is 2.13. The van der Waals surface area contributed by atoms with Gasteiger partial charge in [-0.1, -0.05) is 11.6 Å². The number of rotatable bonds is 1. The van der Waals surface area contributed by atoms with Gasteiger partial charge in [-0.3, -0.25) is 4.79 Å². The zero-order valence-electron chi connectivity index (χ0n) is 5.97. The number of nitrogens with zero attached hydrogens (tertiary/aromatic N) is 1. The molecule has 0 fully saturated rings. The summed E-state index contributed by atoms with van der Waals surface area (Å²) < 4.78 is 0. The summed E-state index contributed by atoms with van der Waals surface area (Å²) in [5, 5.41) is 0.164. The fraction of sp³-hybridized carbons (Fsp3) is 0.143. The zero-order chi connectivity index (χ0) is 8.43. The Kier molecular flexibility index (Phi) is 2.10. The summed E-state index contributed by atoms with van der Waals surface area (Å²) in [4.78, 5) is 14.5. The first-order valence-electron chi connectivity index (χ1n) is 3.04. The number of halogens is 1. The van der Waals surface area contributed by atoms with Crippen molar-refractivity contribution in [3.63, 3.8) is 0 Å². The summed E-state index contributed by atoms with van der Waals surface area (Å²) in [6.45, 7) is 1.43. The average molecular weight is 171 g/mol. The van der Waals surface area contributed by atoms with Gasteiger partial charge in [-0.05, 0) is 19.1 Å². The van der Waals surface area contributed by atoms with Crippen molar-refractivity contribution in [1.82, 2.24) is 4.98 Å². The molecule has 0 bridgehead atoms. The van der Waals surface area contributed by atoms with Crippen LogP contribution in [0.2, 0.25) is 5.15 Å². The van der Waals surface area contributed by atoms with Gasteiger partial charge >= 0.3 is 0 Å². The van der Waals surface area contributed by atoms with Gasteiger partial charge in [0.1, 0.15) is 11.0 Å². The van der Waals surface area contributed by atoms with Crippen molar-refractivity contribution < 1.29 is 4.79 Å². The summed E-state index contributed by atoms with van der Waals surface area (Å²) in [7, 11) is 0. The number of carbonyl (C=O) groups excluding carboxylic acids is 1. The molecule has 0 aliphatic heterocycles. The Morgan fingerprint density at radius 3 is 2.73 bits per heavy atom. The molecule has 1 aromatic heterocycles. The van der Waals surface area contributed by atoms with E-state index in [1.807, 2.05) is 0 Å². The minimum atomic E-state index is -0.109. The van der Waals surface area contributed by atoms with Crippen molar-refractivity contribution in [1.29, 1.82) is 0 Å². The van der Waals surface area contributed by atoms with Gasteiger partial charge in [0.15, 0.2) is 5.78 Å². The van der Waals surface area contributed by atoms with E-state index in [0.29, 0.717) is 11.4 Å². The summed E-state index contributed by atoms with van der Waals surface area (Å²) in [5.41, 5.74) is 5.72. The molecule has 58 valence electrons. The SMILES string of the molecule is CC(=O)c1ccc(N)nc1Cl. The highest BCUT2D eigenvalue weighted by atomic mass is 35.5. The van der Waals surface area contributed by atoms with Gasteiger partial charge in [0.2, 0.25) is 0 Å². The number of pyridine rings is 1. The molecule has 3 nitrogen and oxygen atoms in total. The Bertz CT molecular complexity index is 298. The van der Waals surface area contributed by atoms with E-state index >= 15 is 0 Å². The first kappa shape index (κ1) is 8.01. The van der Waals surface area contributed by atoms with Crippen molar-refractivity contribution in [3.8, 4) is 0 Å². The van der Waals surface area contributed by atoms with Crippen molar-refractivity contribution in [2.24, 2.45) is 0 Å². The van der Waals surface area contributed by atoms with Crippen LogP contribution in [0.15, 0.2) is 12.1 Å². The molecule has 0 amide bonds. The molecule has 1 aromatic rings. The number of nitrogen functional groups attached to an aromatic ring is 1. The number of hydrogen-bond acceptors (Lipinski definition) is 3. The molecule has 0 radical (unpaired) electrons. The minimum Gasteiger partial charge on any atom is -0.384 e. The molecule has 1 rings (SSSR count). The van der Waals surface area contributed by atoms with Crippen LogP contribution in [0, 0.1) is 0 Å². The van der Waals surface area contributed by atoms with Gasteiger partial charge in [0, 0.05) is 0 Å². The van der Waals surface area contributed by atoms with Gasteiger partial charge in [0.05, 0.1) is 5.56 Å². The highest BCUT2D eigenvalue weighted by Crippen LogP contribution is 2.14. The van der Waals surface area contributed by atoms with Crippen LogP contribution >= 0.6 is 11.6 Å². The second kappa shape index (κ2) is 2.88. The third kappa shape index (κ3) is 1.68. The Hall–Kier alpha value is -1.09. The molecule has 1 heterocycles. The fourth-order valence-corrected chi connectivity index (χ4v) is 1.00. The number of anilines is 1. The van der Waals surface area contributed by atoms with Gasteiger partial charge in [-0.25, -0.2) is 4.98 Å². The molecule has 0 saturated heterocycles. The lowest BCUT2D eigenvalue weighted by molar-refractivity contribution is 0.101. The lowest BCUT2D eigenvalue weighted by Gasteiger charge is -1.98. The summed E-state index contributed by atoms with van der Waals surface area (Å²) in [6, 6.07) is 3.11. The Balaban J connectivity index is 3.20. The van der Waals surface area contributed by atoms with Crippen LogP contribution in [-0.2, 0) is 0 Å². The van der Waals surface area contributed by atoms with E-state index in [-0.39, 0.29) is 10.9 Å². The fourth-order valence-electron chi connectivity index (χ4n) is 0.711. The molecule has 4 heteroatoms. The number of aromatic nitrogens is 1. The Morgan fingerprint density at radius 2 is 2.27 bits per heavy atom. The number of carbonyl (C=O) groups is 1. The quantitative estimate of drug-likeness (QED) is 0.514. The van der Waals surface area contributed by atoms with Crippen LogP contribution in [0.3, 0.4) is 0 Å². The van der Waals surface area contributed by atoms with Crippen molar-refractivity contribution >= 4 is 23.2 Å². The number of Topliss-reactive ketones (excluding diaryl/α,β-unsaturated/α-hetero) is 1. The van der Waals surface area contributed by atoms with Gasteiger partial charge < -0.3 is 5.73 Å². The van der Waals surface area contributed by atoms with E-state index in [1.54, 1.807) is 12.1 Å². The van der Waals surface area contributed by atoms with E-state index < -0.39 is 0 Å². The molecular formula is C7H7ClN2O. The third-order valence-electron chi connectivity index (χ3n) is 1.25. The van der Waals surface area contributed by atoms with Gasteiger partial charge in [0.25, 0.3) is 0 Å². The van der Waals surface area contributed by atoms with Crippen LogP contribution in [0.1, 0.15) is 17.3 Å². The molecule has 0 unspecified atom stereocenters. The van der Waals surface area contributed by atoms with Crippen LogP contribution in [0.4, 0.5) is 5.82 Å². The summed E-state index contributed by atoms with van der Waals surface area (Å²) >= 11 is 5.61. The maximum Gasteiger partial charge on any atom is 0.162 e. The molecule has 0 aliphatic rings. The smallest absolute Gasteiger partial charge is 0.162 e. The predicted octanol–water partition coefficient (Wildman–Crippen LogP) is 1.52. The van der Waals surface area contributed by atoms with Crippen LogP contribution < -0.4 is 5.73 Å². The van der Waals surface area contributed by atoms with Crippen molar-refractivity contribution in [2.45, 2.75) is 6.92 Å². The third-order valence-corrected chi connectivity index (χ3v) is 1.54. The lowest BCUT2D eigenvalue weighted by Crippen LogP contribution is -1.97. The first-order valence-corrected chi connectivity index (χ1v) is 3.42. The number of ketones is 1. The summed E-state index contributed by atoms with van der Waals surface area (Å²) in [5.74, 6) is 0.211. The highest BCUT2D eigenvalue weighted by Gasteiger charge is 2.05.